The van der Waals surface area contributed by atoms with Crippen molar-refractivity contribution in [3.05, 3.63) is 88.4 Å². The minimum absolute atomic E-state index is 0.170. The molecule has 2 atom stereocenters. The standard InChI is InChI=1S/C27H30ClNO4/c1-3-13-33-26-16-21(11-12-24(26)27(31)32)20-9-7-19(8-10-20)14-18(2)29-17-25(30)22-5-4-6-23(28)15-22/h4-12,15-16,18,25,29-30H,3,13-14,17H2,1-2H3,(H,31,32)/t18-,25+/m1/s1. The number of carbonyl (C=O) groups is 1. The highest BCUT2D eigenvalue weighted by atomic mass is 35.5. The van der Waals surface area contributed by atoms with Gasteiger partial charge in [-0.05, 0) is 66.3 Å². The van der Waals surface area contributed by atoms with E-state index in [1.165, 1.54) is 5.56 Å². The van der Waals surface area contributed by atoms with Crippen LogP contribution in [0.3, 0.4) is 0 Å². The van der Waals surface area contributed by atoms with Crippen LogP contribution in [0.1, 0.15) is 47.9 Å². The molecule has 6 heteroatoms. The second-order valence-electron chi connectivity index (χ2n) is 8.15. The highest BCUT2D eigenvalue weighted by Crippen LogP contribution is 2.28. The van der Waals surface area contributed by atoms with Crippen molar-refractivity contribution < 1.29 is 19.7 Å². The fraction of sp³-hybridized carbons (Fsp3) is 0.296. The lowest BCUT2D eigenvalue weighted by atomic mass is 9.99. The molecule has 0 aliphatic heterocycles. The zero-order valence-corrected chi connectivity index (χ0v) is 19.7. The van der Waals surface area contributed by atoms with Crippen molar-refractivity contribution in [1.82, 2.24) is 5.32 Å². The average Bonchev–Trinajstić information content (AvgIpc) is 2.81. The lowest BCUT2D eigenvalue weighted by Crippen LogP contribution is -2.32. The molecule has 0 aliphatic carbocycles. The molecule has 0 amide bonds. The molecular formula is C27H30ClNO4. The number of ether oxygens (including phenoxy) is 1. The molecule has 3 N–H and O–H groups in total. The highest BCUT2D eigenvalue weighted by Gasteiger charge is 2.14. The predicted molar refractivity (Wildman–Crippen MR) is 132 cm³/mol. The molecule has 0 heterocycles. The third-order valence-electron chi connectivity index (χ3n) is 5.40. The lowest BCUT2D eigenvalue weighted by Gasteiger charge is -2.18. The molecule has 174 valence electrons. The van der Waals surface area contributed by atoms with E-state index in [4.69, 9.17) is 16.3 Å². The summed E-state index contributed by atoms with van der Waals surface area (Å²) in [6.07, 6.45) is 0.998. The third-order valence-corrected chi connectivity index (χ3v) is 5.63. The quantitative estimate of drug-likeness (QED) is 0.334. The number of hydrogen-bond donors (Lipinski definition) is 3. The predicted octanol–water partition coefficient (Wildman–Crippen LogP) is 5.75. The largest absolute Gasteiger partial charge is 0.493 e. The molecule has 0 saturated carbocycles. The van der Waals surface area contributed by atoms with E-state index >= 15 is 0 Å². The van der Waals surface area contributed by atoms with Crippen molar-refractivity contribution in [2.24, 2.45) is 0 Å². The Kier molecular flexibility index (Phi) is 8.89. The Morgan fingerprint density at radius 3 is 2.45 bits per heavy atom. The Morgan fingerprint density at radius 2 is 1.79 bits per heavy atom. The topological polar surface area (TPSA) is 78.8 Å². The van der Waals surface area contributed by atoms with Crippen LogP contribution in [0.15, 0.2) is 66.7 Å². The summed E-state index contributed by atoms with van der Waals surface area (Å²) in [5.41, 5.74) is 4.04. The fourth-order valence-electron chi connectivity index (χ4n) is 3.61. The SMILES string of the molecule is CCCOc1cc(-c2ccc(C[C@@H](C)NC[C@H](O)c3cccc(Cl)c3)cc2)ccc1C(=O)O. The van der Waals surface area contributed by atoms with E-state index in [9.17, 15) is 15.0 Å². The van der Waals surface area contributed by atoms with Crippen LogP contribution in [0.25, 0.3) is 11.1 Å². The van der Waals surface area contributed by atoms with E-state index in [0.717, 1.165) is 29.5 Å². The van der Waals surface area contributed by atoms with Gasteiger partial charge in [0.2, 0.25) is 0 Å². The fourth-order valence-corrected chi connectivity index (χ4v) is 3.81. The van der Waals surface area contributed by atoms with Crippen LogP contribution in [0.2, 0.25) is 5.02 Å². The molecule has 0 aliphatic rings. The number of carboxylic acids is 1. The normalized spacial score (nSPS) is 12.8. The Bertz CT molecular complexity index is 1070. The van der Waals surface area contributed by atoms with Crippen LogP contribution in [-0.2, 0) is 6.42 Å². The summed E-state index contributed by atoms with van der Waals surface area (Å²) in [6, 6.07) is 20.8. The van der Waals surface area contributed by atoms with E-state index in [0.29, 0.717) is 23.9 Å². The Hall–Kier alpha value is -2.86. The van der Waals surface area contributed by atoms with Crippen LogP contribution in [0, 0.1) is 0 Å². The summed E-state index contributed by atoms with van der Waals surface area (Å²) in [5, 5.41) is 23.8. The number of halogens is 1. The van der Waals surface area contributed by atoms with Gasteiger partial charge in [0.05, 0.1) is 12.7 Å². The summed E-state index contributed by atoms with van der Waals surface area (Å²) in [5.74, 6) is -0.605. The summed E-state index contributed by atoms with van der Waals surface area (Å²) in [4.78, 5) is 11.5. The van der Waals surface area contributed by atoms with E-state index in [-0.39, 0.29) is 11.6 Å². The molecule has 3 rings (SSSR count). The molecule has 0 bridgehead atoms. The molecule has 0 spiro atoms. The zero-order valence-electron chi connectivity index (χ0n) is 18.9. The molecule has 33 heavy (non-hydrogen) atoms. The molecule has 0 aromatic heterocycles. The molecule has 3 aromatic rings. The number of aliphatic hydroxyl groups is 1. The van der Waals surface area contributed by atoms with Gasteiger partial charge in [0, 0.05) is 17.6 Å². The average molecular weight is 468 g/mol. The maximum atomic E-state index is 11.5. The first-order valence-corrected chi connectivity index (χ1v) is 11.5. The van der Waals surface area contributed by atoms with Crippen LogP contribution in [0.4, 0.5) is 0 Å². The van der Waals surface area contributed by atoms with Crippen molar-refractivity contribution in [2.75, 3.05) is 13.2 Å². The van der Waals surface area contributed by atoms with Gasteiger partial charge in [-0.3, -0.25) is 0 Å². The maximum absolute atomic E-state index is 11.5. The minimum Gasteiger partial charge on any atom is -0.493 e. The number of nitrogens with one attached hydrogen (secondary N) is 1. The minimum atomic E-state index is -0.995. The number of aliphatic hydroxyl groups excluding tert-OH is 1. The zero-order chi connectivity index (χ0) is 23.8. The lowest BCUT2D eigenvalue weighted by molar-refractivity contribution is 0.0692. The molecule has 0 saturated heterocycles. The molecule has 0 radical (unpaired) electrons. The highest BCUT2D eigenvalue weighted by molar-refractivity contribution is 6.30. The van der Waals surface area contributed by atoms with Gasteiger partial charge in [-0.25, -0.2) is 4.79 Å². The van der Waals surface area contributed by atoms with Crippen LogP contribution >= 0.6 is 11.6 Å². The van der Waals surface area contributed by atoms with Crippen LogP contribution in [0.5, 0.6) is 5.75 Å². The van der Waals surface area contributed by atoms with Crippen LogP contribution < -0.4 is 10.1 Å². The first-order chi connectivity index (χ1) is 15.9. The van der Waals surface area contributed by atoms with Gasteiger partial charge in [-0.15, -0.1) is 0 Å². The van der Waals surface area contributed by atoms with Crippen molar-refractivity contribution in [3.63, 3.8) is 0 Å². The van der Waals surface area contributed by atoms with Gasteiger partial charge in [0.15, 0.2) is 0 Å². The first kappa shape index (κ1) is 24.8. The second-order valence-corrected chi connectivity index (χ2v) is 8.58. The summed E-state index contributed by atoms with van der Waals surface area (Å²) in [6.45, 7) is 4.98. The van der Waals surface area contributed by atoms with Crippen molar-refractivity contribution >= 4 is 17.6 Å². The number of benzene rings is 3. The Labute approximate surface area is 200 Å². The summed E-state index contributed by atoms with van der Waals surface area (Å²) in [7, 11) is 0. The van der Waals surface area contributed by atoms with Crippen molar-refractivity contribution in [3.8, 4) is 16.9 Å². The molecule has 3 aromatic carbocycles. The van der Waals surface area contributed by atoms with Gasteiger partial charge < -0.3 is 20.3 Å². The third kappa shape index (κ3) is 7.06. The molecular weight excluding hydrogens is 438 g/mol. The number of hydrogen-bond acceptors (Lipinski definition) is 4. The Morgan fingerprint density at radius 1 is 1.06 bits per heavy atom. The maximum Gasteiger partial charge on any atom is 0.339 e. The van der Waals surface area contributed by atoms with Gasteiger partial charge in [0.25, 0.3) is 0 Å². The summed E-state index contributed by atoms with van der Waals surface area (Å²) >= 11 is 6.00. The molecule has 0 unspecified atom stereocenters. The molecule has 0 fully saturated rings. The van der Waals surface area contributed by atoms with E-state index in [1.54, 1.807) is 30.3 Å². The van der Waals surface area contributed by atoms with Crippen molar-refractivity contribution in [2.45, 2.75) is 38.8 Å². The van der Waals surface area contributed by atoms with Gasteiger partial charge in [0.1, 0.15) is 11.3 Å². The monoisotopic (exact) mass is 467 g/mol. The Balaban J connectivity index is 1.61. The van der Waals surface area contributed by atoms with Crippen molar-refractivity contribution in [1.29, 1.82) is 0 Å². The number of aromatic carboxylic acids is 1. The number of rotatable bonds is 11. The summed E-state index contributed by atoms with van der Waals surface area (Å²) < 4.78 is 5.65. The first-order valence-electron chi connectivity index (χ1n) is 11.1. The second kappa shape index (κ2) is 11.8. The van der Waals surface area contributed by atoms with E-state index in [1.807, 2.05) is 31.2 Å². The number of carboxylic acid groups (broad SMARTS) is 1. The van der Waals surface area contributed by atoms with E-state index < -0.39 is 12.1 Å². The smallest absolute Gasteiger partial charge is 0.339 e. The van der Waals surface area contributed by atoms with E-state index in [2.05, 4.69) is 24.4 Å². The van der Waals surface area contributed by atoms with Crippen LogP contribution in [-0.4, -0.2) is 35.4 Å². The van der Waals surface area contributed by atoms with Gasteiger partial charge >= 0.3 is 5.97 Å². The van der Waals surface area contributed by atoms with Gasteiger partial charge in [-0.2, -0.15) is 0 Å². The molecule has 5 nitrogen and oxygen atoms in total. The van der Waals surface area contributed by atoms with Gasteiger partial charge in [-0.1, -0.05) is 61.0 Å².